The zero-order chi connectivity index (χ0) is 17.8. The molecule has 3 rings (SSSR count). The SMILES string of the molecule is CC[C@@H](C)NC(=O)c1ncoc1-c1ccccc1C(=O)N1CCCC1. The van der Waals surface area contributed by atoms with E-state index in [0.717, 1.165) is 32.4 Å². The Hall–Kier alpha value is -2.63. The molecular formula is C19H23N3O3. The molecule has 6 nitrogen and oxygen atoms in total. The van der Waals surface area contributed by atoms with Crippen molar-refractivity contribution in [1.82, 2.24) is 15.2 Å². The third-order valence-electron chi connectivity index (χ3n) is 4.57. The summed E-state index contributed by atoms with van der Waals surface area (Å²) < 4.78 is 5.50. The van der Waals surface area contributed by atoms with Crippen molar-refractivity contribution in [2.75, 3.05) is 13.1 Å². The zero-order valence-electron chi connectivity index (χ0n) is 14.6. The standard InChI is InChI=1S/C19H23N3O3/c1-3-13(2)21-18(23)16-17(25-12-20-16)14-8-4-5-9-15(14)19(24)22-10-6-7-11-22/h4-5,8-9,12-13H,3,6-7,10-11H2,1-2H3,(H,21,23)/t13-/m1/s1. The number of hydrogen-bond acceptors (Lipinski definition) is 4. The Bertz CT molecular complexity index is 763. The van der Waals surface area contributed by atoms with E-state index in [9.17, 15) is 9.59 Å². The van der Waals surface area contributed by atoms with Crippen LogP contribution in [-0.2, 0) is 0 Å². The highest BCUT2D eigenvalue weighted by molar-refractivity contribution is 6.04. The molecule has 1 aliphatic rings. The second-order valence-corrected chi connectivity index (χ2v) is 6.36. The first-order chi connectivity index (χ1) is 12.1. The summed E-state index contributed by atoms with van der Waals surface area (Å²) >= 11 is 0. The first kappa shape index (κ1) is 17.2. The number of hydrogen-bond donors (Lipinski definition) is 1. The molecule has 0 radical (unpaired) electrons. The summed E-state index contributed by atoms with van der Waals surface area (Å²) in [6, 6.07) is 7.26. The van der Waals surface area contributed by atoms with E-state index >= 15 is 0 Å². The molecule has 0 saturated carbocycles. The first-order valence-electron chi connectivity index (χ1n) is 8.74. The van der Waals surface area contributed by atoms with E-state index in [-0.39, 0.29) is 23.6 Å². The van der Waals surface area contributed by atoms with Gasteiger partial charge in [0.25, 0.3) is 11.8 Å². The molecule has 1 saturated heterocycles. The average molecular weight is 341 g/mol. The molecule has 0 aliphatic carbocycles. The van der Waals surface area contributed by atoms with Gasteiger partial charge in [0.05, 0.1) is 5.56 Å². The van der Waals surface area contributed by atoms with Gasteiger partial charge in [-0.15, -0.1) is 0 Å². The van der Waals surface area contributed by atoms with E-state index in [1.54, 1.807) is 12.1 Å². The Kier molecular flexibility index (Phi) is 5.16. The molecule has 2 heterocycles. The summed E-state index contributed by atoms with van der Waals surface area (Å²) in [5.74, 6) is 0.0169. The molecule has 2 aromatic rings. The monoisotopic (exact) mass is 341 g/mol. The lowest BCUT2D eigenvalue weighted by Gasteiger charge is -2.17. The highest BCUT2D eigenvalue weighted by atomic mass is 16.3. The quantitative estimate of drug-likeness (QED) is 0.907. The molecule has 1 aromatic carbocycles. The van der Waals surface area contributed by atoms with Gasteiger partial charge in [0.1, 0.15) is 0 Å². The smallest absolute Gasteiger partial charge is 0.274 e. The summed E-state index contributed by atoms with van der Waals surface area (Å²) in [6.07, 6.45) is 4.12. The molecule has 1 aliphatic heterocycles. The van der Waals surface area contributed by atoms with Gasteiger partial charge >= 0.3 is 0 Å². The molecule has 0 spiro atoms. The third-order valence-corrected chi connectivity index (χ3v) is 4.57. The minimum absolute atomic E-state index is 0.0298. The van der Waals surface area contributed by atoms with E-state index < -0.39 is 0 Å². The highest BCUT2D eigenvalue weighted by Gasteiger charge is 2.26. The van der Waals surface area contributed by atoms with Crippen molar-refractivity contribution >= 4 is 11.8 Å². The number of amides is 2. The fourth-order valence-corrected chi connectivity index (χ4v) is 2.95. The Morgan fingerprint density at radius 2 is 2.00 bits per heavy atom. The lowest BCUT2D eigenvalue weighted by molar-refractivity contribution is 0.0792. The second-order valence-electron chi connectivity index (χ2n) is 6.36. The zero-order valence-corrected chi connectivity index (χ0v) is 14.6. The summed E-state index contributed by atoms with van der Waals surface area (Å²) in [7, 11) is 0. The molecule has 132 valence electrons. The van der Waals surface area contributed by atoms with Crippen LogP contribution in [0.1, 0.15) is 54.0 Å². The van der Waals surface area contributed by atoms with Gasteiger partial charge in [-0.1, -0.05) is 25.1 Å². The van der Waals surface area contributed by atoms with Crippen LogP contribution in [-0.4, -0.2) is 40.8 Å². The number of aromatic nitrogens is 1. The number of rotatable bonds is 5. The highest BCUT2D eigenvalue weighted by Crippen LogP contribution is 2.28. The lowest BCUT2D eigenvalue weighted by atomic mass is 10.0. The van der Waals surface area contributed by atoms with E-state index in [1.165, 1.54) is 6.39 Å². The molecule has 6 heteroatoms. The second kappa shape index (κ2) is 7.51. The average Bonchev–Trinajstić information content (AvgIpc) is 3.32. The van der Waals surface area contributed by atoms with Gasteiger partial charge in [-0.3, -0.25) is 9.59 Å². The van der Waals surface area contributed by atoms with Crippen molar-refractivity contribution in [2.45, 2.75) is 39.2 Å². The molecule has 1 atom stereocenters. The summed E-state index contributed by atoms with van der Waals surface area (Å²) in [6.45, 7) is 5.47. The fraction of sp³-hybridized carbons (Fsp3) is 0.421. The molecular weight excluding hydrogens is 318 g/mol. The first-order valence-corrected chi connectivity index (χ1v) is 8.74. The third kappa shape index (κ3) is 3.57. The molecule has 0 unspecified atom stereocenters. The maximum atomic E-state index is 12.8. The van der Waals surface area contributed by atoms with E-state index in [1.807, 2.05) is 30.9 Å². The van der Waals surface area contributed by atoms with E-state index in [4.69, 9.17) is 4.42 Å². The Balaban J connectivity index is 1.94. The van der Waals surface area contributed by atoms with Gasteiger partial charge in [0, 0.05) is 24.7 Å². The molecule has 1 fully saturated rings. The Morgan fingerprint density at radius 3 is 2.72 bits per heavy atom. The van der Waals surface area contributed by atoms with Crippen LogP contribution in [0.15, 0.2) is 35.1 Å². The van der Waals surface area contributed by atoms with Crippen molar-refractivity contribution in [1.29, 1.82) is 0 Å². The molecule has 1 N–H and O–H groups in total. The normalized spacial score (nSPS) is 15.2. The maximum Gasteiger partial charge on any atom is 0.274 e. The van der Waals surface area contributed by atoms with Crippen molar-refractivity contribution in [3.8, 4) is 11.3 Å². The van der Waals surface area contributed by atoms with E-state index in [0.29, 0.717) is 16.9 Å². The van der Waals surface area contributed by atoms with Crippen molar-refractivity contribution in [3.05, 3.63) is 41.9 Å². The lowest BCUT2D eigenvalue weighted by Crippen LogP contribution is -2.32. The van der Waals surface area contributed by atoms with Crippen LogP contribution in [0.3, 0.4) is 0 Å². The summed E-state index contributed by atoms with van der Waals surface area (Å²) in [5.41, 5.74) is 1.35. The number of oxazole rings is 1. The van der Waals surface area contributed by atoms with Crippen LogP contribution in [0.25, 0.3) is 11.3 Å². The van der Waals surface area contributed by atoms with Crippen LogP contribution in [0.2, 0.25) is 0 Å². The Labute approximate surface area is 147 Å². The minimum atomic E-state index is -0.290. The number of nitrogens with zero attached hydrogens (tertiary/aromatic N) is 2. The number of carbonyl (C=O) groups excluding carboxylic acids is 2. The van der Waals surface area contributed by atoms with Crippen LogP contribution < -0.4 is 5.32 Å². The predicted molar refractivity (Wildman–Crippen MR) is 94.3 cm³/mol. The summed E-state index contributed by atoms with van der Waals surface area (Å²) in [5, 5.41) is 2.89. The van der Waals surface area contributed by atoms with Crippen LogP contribution >= 0.6 is 0 Å². The van der Waals surface area contributed by atoms with Crippen molar-refractivity contribution in [3.63, 3.8) is 0 Å². The number of nitrogens with one attached hydrogen (secondary N) is 1. The van der Waals surface area contributed by atoms with Crippen LogP contribution in [0.5, 0.6) is 0 Å². The maximum absolute atomic E-state index is 12.8. The van der Waals surface area contributed by atoms with E-state index in [2.05, 4.69) is 10.3 Å². The number of benzene rings is 1. The molecule has 0 bridgehead atoms. The minimum Gasteiger partial charge on any atom is -0.443 e. The van der Waals surface area contributed by atoms with Gasteiger partial charge in [-0.2, -0.15) is 0 Å². The molecule has 2 amide bonds. The topological polar surface area (TPSA) is 75.4 Å². The summed E-state index contributed by atoms with van der Waals surface area (Å²) in [4.78, 5) is 31.2. The van der Waals surface area contributed by atoms with Gasteiger partial charge in [0.2, 0.25) is 0 Å². The largest absolute Gasteiger partial charge is 0.443 e. The number of likely N-dealkylation sites (tertiary alicyclic amines) is 1. The van der Waals surface area contributed by atoms with Gasteiger partial charge in [0.15, 0.2) is 17.8 Å². The van der Waals surface area contributed by atoms with Gasteiger partial charge in [-0.25, -0.2) is 4.98 Å². The molecule has 1 aromatic heterocycles. The van der Waals surface area contributed by atoms with Crippen molar-refractivity contribution in [2.24, 2.45) is 0 Å². The van der Waals surface area contributed by atoms with Gasteiger partial charge in [-0.05, 0) is 32.3 Å². The van der Waals surface area contributed by atoms with Crippen molar-refractivity contribution < 1.29 is 14.0 Å². The van der Waals surface area contributed by atoms with Crippen LogP contribution in [0.4, 0.5) is 0 Å². The fourth-order valence-electron chi connectivity index (χ4n) is 2.95. The Morgan fingerprint density at radius 1 is 1.28 bits per heavy atom. The van der Waals surface area contributed by atoms with Crippen LogP contribution in [0, 0.1) is 0 Å². The van der Waals surface area contributed by atoms with Gasteiger partial charge < -0.3 is 14.6 Å². The number of carbonyl (C=O) groups is 2. The predicted octanol–water partition coefficient (Wildman–Crippen LogP) is 3.11. The molecule has 25 heavy (non-hydrogen) atoms.